The van der Waals surface area contributed by atoms with Crippen molar-refractivity contribution < 1.29 is 17.9 Å². The second-order valence-electron chi connectivity index (χ2n) is 10.0. The second-order valence-corrected chi connectivity index (χ2v) is 10.0. The molecule has 4 heterocycles. The Balaban J connectivity index is 1.25. The molecule has 0 atom stereocenters. The predicted octanol–water partition coefficient (Wildman–Crippen LogP) is 4.45. The Labute approximate surface area is 231 Å². The summed E-state index contributed by atoms with van der Waals surface area (Å²) in [5.41, 5.74) is 1.76. The first kappa shape index (κ1) is 25.2. The monoisotopic (exact) mass is 558 g/mol. The number of anilines is 3. The van der Waals surface area contributed by atoms with Crippen molar-refractivity contribution in [3.8, 4) is 22.7 Å². The van der Waals surface area contributed by atoms with E-state index in [1.807, 2.05) is 47.4 Å². The number of nitrogens with zero attached hydrogens (tertiary/aromatic N) is 7. The summed E-state index contributed by atoms with van der Waals surface area (Å²) in [4.78, 5) is 24.0. The largest absolute Gasteiger partial charge is 0.403 e. The highest BCUT2D eigenvalue weighted by atomic mass is 19.3. The smallest absolute Gasteiger partial charge is 0.321 e. The van der Waals surface area contributed by atoms with Gasteiger partial charge >= 0.3 is 11.6 Å². The van der Waals surface area contributed by atoms with Crippen LogP contribution in [-0.4, -0.2) is 62.2 Å². The lowest BCUT2D eigenvalue weighted by atomic mass is 9.88. The molecule has 0 spiro atoms. The molecule has 5 aromatic rings. The molecule has 2 fully saturated rings. The molecule has 41 heavy (non-hydrogen) atoms. The molecule has 1 aliphatic heterocycles. The van der Waals surface area contributed by atoms with E-state index in [2.05, 4.69) is 30.6 Å². The Morgan fingerprint density at radius 1 is 0.951 bits per heavy atom. The van der Waals surface area contributed by atoms with Crippen molar-refractivity contribution in [3.05, 3.63) is 71.1 Å². The van der Waals surface area contributed by atoms with Gasteiger partial charge in [-0.1, -0.05) is 53.6 Å². The lowest BCUT2D eigenvalue weighted by Gasteiger charge is -2.35. The molecule has 1 N–H and O–H groups in total. The maximum absolute atomic E-state index is 13.6. The number of hydrogen-bond acceptors (Lipinski definition) is 10. The van der Waals surface area contributed by atoms with Gasteiger partial charge in [0.1, 0.15) is 5.56 Å². The van der Waals surface area contributed by atoms with Gasteiger partial charge in [-0.05, 0) is 6.07 Å². The van der Waals surface area contributed by atoms with Crippen molar-refractivity contribution >= 4 is 28.6 Å². The standard InChI is InChI=1S/C28H24F2N8O3/c29-28(30)14-18(15-28)38-16-20(24(36-38)37-10-12-40-13-11-37)26-34-35-27(41-26)33-23-25(39)31-21-9-5-4-8-19(21)22(32-23)17-6-2-1-3-7-17/h1-9,16,18H,10-15H2,(H,31,32,33,35,39). The molecule has 13 heteroatoms. The molecule has 0 bridgehead atoms. The molecule has 2 aliphatic rings. The molecule has 0 radical (unpaired) electrons. The molecule has 3 aromatic heterocycles. The van der Waals surface area contributed by atoms with E-state index in [9.17, 15) is 13.6 Å². The number of nitrogens with one attached hydrogen (secondary N) is 1. The third-order valence-corrected chi connectivity index (χ3v) is 7.20. The van der Waals surface area contributed by atoms with E-state index in [4.69, 9.17) is 9.15 Å². The Kier molecular flexibility index (Phi) is 6.15. The van der Waals surface area contributed by atoms with Gasteiger partial charge in [-0.15, -0.1) is 5.10 Å². The average molecular weight is 559 g/mol. The molecule has 7 rings (SSSR count). The van der Waals surface area contributed by atoms with Crippen molar-refractivity contribution in [2.24, 2.45) is 0 Å². The highest BCUT2D eigenvalue weighted by Gasteiger charge is 2.47. The van der Waals surface area contributed by atoms with Gasteiger partial charge in [-0.25, -0.2) is 18.7 Å². The SMILES string of the molecule is O=c1nc2ccccc2c(-c2ccccc2)nc1Nc1nnc(-c2cn(C3CC(F)(F)C3)nc2N2CCOCC2)o1. The predicted molar refractivity (Wildman–Crippen MR) is 146 cm³/mol. The molecular formula is C28H24F2N8O3. The maximum Gasteiger partial charge on any atom is 0.321 e. The summed E-state index contributed by atoms with van der Waals surface area (Å²) in [6, 6.07) is 16.2. The van der Waals surface area contributed by atoms with Gasteiger partial charge in [0.15, 0.2) is 5.82 Å². The summed E-state index contributed by atoms with van der Waals surface area (Å²) in [5.74, 6) is -2.10. The number of morpholine rings is 1. The van der Waals surface area contributed by atoms with Crippen LogP contribution in [0.15, 0.2) is 70.0 Å². The lowest BCUT2D eigenvalue weighted by Crippen LogP contribution is -2.38. The fourth-order valence-corrected chi connectivity index (χ4v) is 5.08. The number of rotatable bonds is 6. The van der Waals surface area contributed by atoms with Gasteiger partial charge in [0.05, 0.1) is 30.5 Å². The summed E-state index contributed by atoms with van der Waals surface area (Å²) in [6.07, 6.45) is 1.10. The third-order valence-electron chi connectivity index (χ3n) is 7.20. The fourth-order valence-electron chi connectivity index (χ4n) is 5.08. The highest BCUT2D eigenvalue weighted by molar-refractivity contribution is 5.92. The van der Waals surface area contributed by atoms with Gasteiger partial charge in [0, 0.05) is 43.1 Å². The van der Waals surface area contributed by atoms with E-state index < -0.39 is 17.5 Å². The van der Waals surface area contributed by atoms with Crippen molar-refractivity contribution in [2.75, 3.05) is 36.5 Å². The Morgan fingerprint density at radius 3 is 2.49 bits per heavy atom. The first-order chi connectivity index (χ1) is 19.9. The van der Waals surface area contributed by atoms with Crippen molar-refractivity contribution in [3.63, 3.8) is 0 Å². The van der Waals surface area contributed by atoms with Crippen LogP contribution in [0.3, 0.4) is 0 Å². The van der Waals surface area contributed by atoms with E-state index in [1.165, 1.54) is 0 Å². The van der Waals surface area contributed by atoms with Crippen LogP contribution in [0.4, 0.5) is 26.4 Å². The number of para-hydroxylation sites is 1. The number of benzene rings is 2. The van der Waals surface area contributed by atoms with Crippen LogP contribution < -0.4 is 15.8 Å². The lowest BCUT2D eigenvalue weighted by molar-refractivity contribution is -0.106. The summed E-state index contributed by atoms with van der Waals surface area (Å²) in [5, 5.41) is 16.4. The molecular weight excluding hydrogens is 534 g/mol. The van der Waals surface area contributed by atoms with Gasteiger partial charge in [0.25, 0.3) is 11.8 Å². The maximum atomic E-state index is 13.6. The Bertz CT molecular complexity index is 1780. The molecule has 0 unspecified atom stereocenters. The van der Waals surface area contributed by atoms with Crippen molar-refractivity contribution in [1.29, 1.82) is 0 Å². The molecule has 2 aromatic carbocycles. The van der Waals surface area contributed by atoms with Crippen LogP contribution in [0.2, 0.25) is 0 Å². The summed E-state index contributed by atoms with van der Waals surface area (Å²) in [6.45, 7) is 2.18. The van der Waals surface area contributed by atoms with Gasteiger partial charge in [-0.2, -0.15) is 5.10 Å². The van der Waals surface area contributed by atoms with E-state index in [0.29, 0.717) is 54.3 Å². The van der Waals surface area contributed by atoms with Crippen LogP contribution in [0.5, 0.6) is 0 Å². The molecule has 0 amide bonds. The molecule has 1 aliphatic carbocycles. The van der Waals surface area contributed by atoms with Crippen LogP contribution in [0.25, 0.3) is 33.6 Å². The Hall–Kier alpha value is -4.78. The van der Waals surface area contributed by atoms with E-state index >= 15 is 0 Å². The number of aromatic nitrogens is 6. The molecule has 1 saturated heterocycles. The second kappa shape index (κ2) is 10.0. The third kappa shape index (κ3) is 4.88. The normalized spacial score (nSPS) is 17.0. The zero-order valence-corrected chi connectivity index (χ0v) is 21.7. The first-order valence-electron chi connectivity index (χ1n) is 13.2. The molecule has 208 valence electrons. The molecule has 1 saturated carbocycles. The Morgan fingerprint density at radius 2 is 1.71 bits per heavy atom. The highest BCUT2D eigenvalue weighted by Crippen LogP contribution is 2.46. The summed E-state index contributed by atoms with van der Waals surface area (Å²) >= 11 is 0. The van der Waals surface area contributed by atoms with Crippen LogP contribution >= 0.6 is 0 Å². The number of alkyl halides is 2. The van der Waals surface area contributed by atoms with Gasteiger partial charge < -0.3 is 14.1 Å². The zero-order valence-electron chi connectivity index (χ0n) is 21.7. The minimum Gasteiger partial charge on any atom is -0.403 e. The van der Waals surface area contributed by atoms with E-state index in [0.717, 1.165) is 5.56 Å². The van der Waals surface area contributed by atoms with Crippen molar-refractivity contribution in [1.82, 2.24) is 29.9 Å². The number of halogens is 2. The minimum atomic E-state index is -2.69. The van der Waals surface area contributed by atoms with Gasteiger partial charge in [-0.3, -0.25) is 14.8 Å². The van der Waals surface area contributed by atoms with Crippen molar-refractivity contribution in [2.45, 2.75) is 24.8 Å². The summed E-state index contributed by atoms with van der Waals surface area (Å²) < 4.78 is 40.1. The number of hydrogen-bond donors (Lipinski definition) is 1. The number of fused-ring (bicyclic) bond motifs is 1. The number of ether oxygens (including phenoxy) is 1. The first-order valence-corrected chi connectivity index (χ1v) is 13.2. The molecule has 11 nitrogen and oxygen atoms in total. The van der Waals surface area contributed by atoms with E-state index in [1.54, 1.807) is 23.0 Å². The quantitative estimate of drug-likeness (QED) is 0.320. The zero-order chi connectivity index (χ0) is 28.0. The van der Waals surface area contributed by atoms with Crippen LogP contribution in [0, 0.1) is 0 Å². The summed E-state index contributed by atoms with van der Waals surface area (Å²) in [7, 11) is 0. The average Bonchev–Trinajstić information content (AvgIpc) is 3.59. The van der Waals surface area contributed by atoms with E-state index in [-0.39, 0.29) is 30.6 Å². The van der Waals surface area contributed by atoms with Gasteiger partial charge in [0.2, 0.25) is 5.82 Å². The van der Waals surface area contributed by atoms with Crippen LogP contribution in [0.1, 0.15) is 18.9 Å². The minimum absolute atomic E-state index is 0.0727. The topological polar surface area (TPSA) is 124 Å². The fraction of sp³-hybridized carbons (Fsp3) is 0.286. The van der Waals surface area contributed by atoms with Crippen LogP contribution in [-0.2, 0) is 4.74 Å².